The van der Waals surface area contributed by atoms with E-state index in [9.17, 15) is 0 Å². The highest BCUT2D eigenvalue weighted by molar-refractivity contribution is 7.71. The number of thiazole rings is 1. The number of hydrogen-bond donors (Lipinski definition) is 0. The molecule has 0 N–H and O–H groups in total. The summed E-state index contributed by atoms with van der Waals surface area (Å²) in [6.45, 7) is 2.79. The lowest BCUT2D eigenvalue weighted by Crippen LogP contribution is -2.36. The minimum Gasteiger partial charge on any atom is -0.284 e. The molecule has 0 amide bonds. The number of benzene rings is 2. The van der Waals surface area contributed by atoms with Gasteiger partial charge in [-0.3, -0.25) is 9.47 Å². The number of para-hydroxylation sites is 2. The normalized spacial score (nSPS) is 17.9. The van der Waals surface area contributed by atoms with Crippen LogP contribution in [0.15, 0.2) is 60.9 Å². The van der Waals surface area contributed by atoms with Gasteiger partial charge in [-0.05, 0) is 55.9 Å². The van der Waals surface area contributed by atoms with Gasteiger partial charge in [0, 0.05) is 18.2 Å². The fourth-order valence-electron chi connectivity index (χ4n) is 3.84. The lowest BCUT2D eigenvalue weighted by atomic mass is 9.99. The first-order valence-corrected chi connectivity index (χ1v) is 10.8. The highest BCUT2D eigenvalue weighted by Crippen LogP contribution is 2.33. The van der Waals surface area contributed by atoms with Crippen LogP contribution in [0.1, 0.15) is 23.8 Å². The molecular formula is C21H21N5S2. The van der Waals surface area contributed by atoms with Crippen LogP contribution >= 0.6 is 23.6 Å². The average Bonchev–Trinajstić information content (AvgIpc) is 3.33. The molecule has 0 radical (unpaired) electrons. The van der Waals surface area contributed by atoms with E-state index in [4.69, 9.17) is 17.2 Å². The summed E-state index contributed by atoms with van der Waals surface area (Å²) in [5.41, 5.74) is 2.16. The van der Waals surface area contributed by atoms with E-state index >= 15 is 0 Å². The van der Waals surface area contributed by atoms with Crippen molar-refractivity contribution >= 4 is 33.8 Å². The summed E-state index contributed by atoms with van der Waals surface area (Å²) in [5.74, 6) is 0.483. The molecule has 1 aliphatic heterocycles. The van der Waals surface area contributed by atoms with Crippen LogP contribution in [0, 0.1) is 4.77 Å². The van der Waals surface area contributed by atoms with Gasteiger partial charge in [-0.25, -0.2) is 9.67 Å². The predicted molar refractivity (Wildman–Crippen MR) is 116 cm³/mol. The lowest BCUT2D eigenvalue weighted by Gasteiger charge is -2.31. The Morgan fingerprint density at radius 2 is 1.89 bits per heavy atom. The van der Waals surface area contributed by atoms with E-state index in [2.05, 4.69) is 34.3 Å². The van der Waals surface area contributed by atoms with Crippen molar-refractivity contribution in [2.24, 2.45) is 0 Å². The van der Waals surface area contributed by atoms with Crippen LogP contribution in [-0.4, -0.2) is 37.3 Å². The molecule has 2 aromatic heterocycles. The molecule has 5 nitrogen and oxygen atoms in total. The van der Waals surface area contributed by atoms with Gasteiger partial charge in [0.05, 0.1) is 21.9 Å². The summed E-state index contributed by atoms with van der Waals surface area (Å²) in [6.07, 6.45) is 4.18. The summed E-state index contributed by atoms with van der Waals surface area (Å²) in [7, 11) is 0. The van der Waals surface area contributed by atoms with Gasteiger partial charge in [-0.1, -0.05) is 30.3 Å². The van der Waals surface area contributed by atoms with E-state index in [0.29, 0.717) is 5.92 Å². The SMILES string of the molecule is S=c1n(-c2ccccc2)cnn1CN1CCC[C@H](c2nc3ccccc3s2)C1. The maximum Gasteiger partial charge on any atom is 0.203 e. The monoisotopic (exact) mass is 407 g/mol. The second-order valence-corrected chi connectivity index (χ2v) is 8.62. The van der Waals surface area contributed by atoms with Crippen LogP contribution in [0.5, 0.6) is 0 Å². The molecule has 1 aliphatic rings. The molecule has 1 fully saturated rings. The molecule has 2 aromatic carbocycles. The van der Waals surface area contributed by atoms with Crippen LogP contribution < -0.4 is 0 Å². The van der Waals surface area contributed by atoms with Gasteiger partial charge in [0.2, 0.25) is 4.77 Å². The fourth-order valence-corrected chi connectivity index (χ4v) is 5.19. The Hall–Kier alpha value is -2.35. The maximum atomic E-state index is 5.67. The van der Waals surface area contributed by atoms with Crippen molar-refractivity contribution in [1.82, 2.24) is 24.2 Å². The zero-order valence-corrected chi connectivity index (χ0v) is 17.1. The van der Waals surface area contributed by atoms with Crippen molar-refractivity contribution in [3.05, 3.63) is 70.7 Å². The molecular weight excluding hydrogens is 386 g/mol. The average molecular weight is 408 g/mol. The molecule has 142 valence electrons. The second kappa shape index (κ2) is 7.58. The van der Waals surface area contributed by atoms with Crippen molar-refractivity contribution in [2.45, 2.75) is 25.4 Å². The van der Waals surface area contributed by atoms with Crippen LogP contribution in [0.4, 0.5) is 0 Å². The highest BCUT2D eigenvalue weighted by atomic mass is 32.1. The van der Waals surface area contributed by atoms with Crippen LogP contribution in [0.2, 0.25) is 0 Å². The van der Waals surface area contributed by atoms with Crippen molar-refractivity contribution in [3.63, 3.8) is 0 Å². The standard InChI is InChI=1S/C21H21N5S2/c27-21-25(17-8-2-1-3-9-17)14-22-26(21)15-24-12-6-7-16(13-24)20-23-18-10-4-5-11-19(18)28-20/h1-5,8-11,14,16H,6-7,12-13,15H2/t16-/m0/s1. The van der Waals surface area contributed by atoms with Crippen molar-refractivity contribution in [3.8, 4) is 5.69 Å². The molecule has 5 rings (SSSR count). The molecule has 1 atom stereocenters. The van der Waals surface area contributed by atoms with E-state index in [1.807, 2.05) is 57.2 Å². The smallest absolute Gasteiger partial charge is 0.203 e. The molecule has 0 unspecified atom stereocenters. The van der Waals surface area contributed by atoms with Crippen LogP contribution in [0.25, 0.3) is 15.9 Å². The summed E-state index contributed by atoms with van der Waals surface area (Å²) >= 11 is 7.50. The van der Waals surface area contributed by atoms with Crippen molar-refractivity contribution in [2.75, 3.05) is 13.1 Å². The van der Waals surface area contributed by atoms with Crippen LogP contribution in [0.3, 0.4) is 0 Å². The first-order chi connectivity index (χ1) is 13.8. The van der Waals surface area contributed by atoms with E-state index in [1.54, 1.807) is 0 Å². The highest BCUT2D eigenvalue weighted by Gasteiger charge is 2.24. The van der Waals surface area contributed by atoms with Gasteiger partial charge < -0.3 is 0 Å². The predicted octanol–water partition coefficient (Wildman–Crippen LogP) is 4.85. The zero-order chi connectivity index (χ0) is 18.9. The van der Waals surface area contributed by atoms with Gasteiger partial charge in [0.15, 0.2) is 0 Å². The van der Waals surface area contributed by atoms with Crippen LogP contribution in [-0.2, 0) is 6.67 Å². The molecule has 0 saturated carbocycles. The van der Waals surface area contributed by atoms with Gasteiger partial charge >= 0.3 is 0 Å². The van der Waals surface area contributed by atoms with Crippen molar-refractivity contribution < 1.29 is 0 Å². The third-order valence-electron chi connectivity index (χ3n) is 5.27. The topological polar surface area (TPSA) is 38.9 Å². The number of fused-ring (bicyclic) bond motifs is 1. The van der Waals surface area contributed by atoms with E-state index in [1.165, 1.54) is 22.5 Å². The molecule has 1 saturated heterocycles. The quantitative estimate of drug-likeness (QED) is 0.453. The Morgan fingerprint density at radius 3 is 2.75 bits per heavy atom. The summed E-state index contributed by atoms with van der Waals surface area (Å²) in [6, 6.07) is 18.5. The maximum absolute atomic E-state index is 5.67. The Labute approximate surface area is 172 Å². The summed E-state index contributed by atoms with van der Waals surface area (Å²) < 4.78 is 5.89. The minimum atomic E-state index is 0.483. The molecule has 0 bridgehead atoms. The number of piperidine rings is 1. The third-order valence-corrected chi connectivity index (χ3v) is 6.87. The first-order valence-electron chi connectivity index (χ1n) is 9.55. The Morgan fingerprint density at radius 1 is 1.07 bits per heavy atom. The second-order valence-electron chi connectivity index (χ2n) is 7.20. The molecule has 0 aliphatic carbocycles. The Bertz CT molecular complexity index is 1110. The molecule has 7 heteroatoms. The zero-order valence-electron chi connectivity index (χ0n) is 15.4. The van der Waals surface area contributed by atoms with Crippen molar-refractivity contribution in [1.29, 1.82) is 0 Å². The Kier molecular flexibility index (Phi) is 4.80. The molecule has 0 spiro atoms. The van der Waals surface area contributed by atoms with Gasteiger partial charge in [-0.15, -0.1) is 11.3 Å². The van der Waals surface area contributed by atoms with E-state index < -0.39 is 0 Å². The number of aromatic nitrogens is 4. The van der Waals surface area contributed by atoms with Gasteiger partial charge in [-0.2, -0.15) is 5.10 Å². The molecule has 3 heterocycles. The lowest BCUT2D eigenvalue weighted by molar-refractivity contribution is 0.156. The minimum absolute atomic E-state index is 0.483. The number of hydrogen-bond acceptors (Lipinski definition) is 5. The van der Waals surface area contributed by atoms with E-state index in [0.717, 1.165) is 35.7 Å². The number of likely N-dealkylation sites (tertiary alicyclic amines) is 1. The molecule has 4 aromatic rings. The summed E-state index contributed by atoms with van der Waals surface area (Å²) in [5, 5.41) is 5.79. The Balaban J connectivity index is 1.33. The summed E-state index contributed by atoms with van der Waals surface area (Å²) in [4.78, 5) is 7.33. The largest absolute Gasteiger partial charge is 0.284 e. The molecule has 28 heavy (non-hydrogen) atoms. The number of nitrogens with zero attached hydrogens (tertiary/aromatic N) is 5. The van der Waals surface area contributed by atoms with E-state index in [-0.39, 0.29) is 0 Å². The third kappa shape index (κ3) is 3.41. The number of rotatable bonds is 4. The fraction of sp³-hybridized carbons (Fsp3) is 0.286. The first kappa shape index (κ1) is 17.7. The van der Waals surface area contributed by atoms with Gasteiger partial charge in [0.25, 0.3) is 0 Å². The van der Waals surface area contributed by atoms with Gasteiger partial charge in [0.1, 0.15) is 6.33 Å².